The van der Waals surface area contributed by atoms with Gasteiger partial charge in [0.25, 0.3) is 10.1 Å². The highest BCUT2D eigenvalue weighted by Crippen LogP contribution is 2.55. The Labute approximate surface area is 93.6 Å². The molecule has 0 aromatic heterocycles. The van der Waals surface area contributed by atoms with Crippen LogP contribution in [0.25, 0.3) is 0 Å². The highest BCUT2D eigenvalue weighted by Gasteiger charge is 2.87. The van der Waals surface area contributed by atoms with Gasteiger partial charge in [0.1, 0.15) is 0 Å². The van der Waals surface area contributed by atoms with Crippen LogP contribution in [0.1, 0.15) is 0 Å². The fourth-order valence-electron chi connectivity index (χ4n) is 0.851. The van der Waals surface area contributed by atoms with E-state index in [2.05, 4.69) is 4.18 Å². The summed E-state index contributed by atoms with van der Waals surface area (Å²) in [6.07, 6.45) is -21.6. The van der Waals surface area contributed by atoms with Gasteiger partial charge in [-0.05, 0) is 0 Å². The van der Waals surface area contributed by atoms with Crippen molar-refractivity contribution in [2.75, 3.05) is 6.26 Å². The maximum Gasteiger partial charge on any atom is 0.437 e. The summed E-state index contributed by atoms with van der Waals surface area (Å²) in [6, 6.07) is 0. The van der Waals surface area contributed by atoms with Crippen LogP contribution in [0.2, 0.25) is 0 Å². The van der Waals surface area contributed by atoms with Crippen LogP contribution in [0.4, 0.5) is 39.5 Å². The van der Waals surface area contributed by atoms with Gasteiger partial charge >= 0.3 is 24.1 Å². The number of rotatable bonds is 2. The van der Waals surface area contributed by atoms with Crippen LogP contribution in [0.5, 0.6) is 0 Å². The van der Waals surface area contributed by atoms with Crippen LogP contribution in [0.15, 0.2) is 0 Å². The molecule has 0 saturated carbocycles. The lowest BCUT2D eigenvalue weighted by molar-refractivity contribution is -0.436. The smallest absolute Gasteiger partial charge is 0.235 e. The van der Waals surface area contributed by atoms with Crippen LogP contribution in [-0.2, 0) is 14.3 Å². The Balaban J connectivity index is 6.27. The molecule has 0 aliphatic carbocycles. The molecule has 0 unspecified atom stereocenters. The normalized spacial score (nSPS) is 15.9. The SMILES string of the molecule is CS(=O)(=O)OC(C(F)(F)F)(C(F)(F)F)C(F)(F)F. The summed E-state index contributed by atoms with van der Waals surface area (Å²) in [5, 5.41) is 0. The average Bonchev–Trinajstić information content (AvgIpc) is 1.90. The first-order valence-corrected chi connectivity index (χ1v) is 5.38. The lowest BCUT2D eigenvalue weighted by Crippen LogP contribution is -2.68. The highest BCUT2D eigenvalue weighted by atomic mass is 32.2. The minimum atomic E-state index is -7.06. The molecule has 0 bridgehead atoms. The van der Waals surface area contributed by atoms with Crippen molar-refractivity contribution >= 4 is 10.1 Å². The molecule has 0 aromatic rings. The molecule has 0 atom stereocenters. The predicted molar refractivity (Wildman–Crippen MR) is 36.8 cm³/mol. The number of hydrogen-bond donors (Lipinski definition) is 0. The van der Waals surface area contributed by atoms with Crippen molar-refractivity contribution in [2.24, 2.45) is 0 Å². The standard InChI is InChI=1S/C5H3F9O3S/c1-18(15,16)17-2(3(6,7)8,4(9,10)11)5(12,13)14/h1H3. The van der Waals surface area contributed by atoms with E-state index in [1.54, 1.807) is 0 Å². The lowest BCUT2D eigenvalue weighted by Gasteiger charge is -2.36. The molecular weight excluding hydrogens is 311 g/mol. The van der Waals surface area contributed by atoms with Crippen LogP contribution in [-0.4, -0.2) is 38.8 Å². The first kappa shape index (κ1) is 17.3. The Kier molecular flexibility index (Phi) is 3.98. The zero-order chi connectivity index (χ0) is 15.2. The maximum absolute atomic E-state index is 12.1. The van der Waals surface area contributed by atoms with E-state index in [0.29, 0.717) is 0 Å². The van der Waals surface area contributed by atoms with Crippen LogP contribution in [0.3, 0.4) is 0 Å². The maximum atomic E-state index is 12.1. The second kappa shape index (κ2) is 4.15. The van der Waals surface area contributed by atoms with Crippen molar-refractivity contribution in [2.45, 2.75) is 24.1 Å². The molecule has 0 radical (unpaired) electrons. The van der Waals surface area contributed by atoms with E-state index in [0.717, 1.165) is 0 Å². The molecule has 0 N–H and O–H groups in total. The molecule has 0 rings (SSSR count). The summed E-state index contributed by atoms with van der Waals surface area (Å²) < 4.78 is 131. The Morgan fingerprint density at radius 1 is 0.722 bits per heavy atom. The molecule has 110 valence electrons. The number of halogens is 9. The second-order valence-corrected chi connectivity index (χ2v) is 4.54. The van der Waals surface area contributed by atoms with Crippen LogP contribution >= 0.6 is 0 Å². The van der Waals surface area contributed by atoms with Gasteiger partial charge in [0.2, 0.25) is 0 Å². The third kappa shape index (κ3) is 2.99. The van der Waals surface area contributed by atoms with Crippen molar-refractivity contribution in [1.82, 2.24) is 0 Å². The Morgan fingerprint density at radius 3 is 1.00 bits per heavy atom. The predicted octanol–water partition coefficient (Wildman–Crippen LogP) is 2.39. The molecule has 0 spiro atoms. The third-order valence-electron chi connectivity index (χ3n) is 1.47. The van der Waals surface area contributed by atoms with Gasteiger partial charge in [0.05, 0.1) is 6.26 Å². The van der Waals surface area contributed by atoms with E-state index in [1.807, 2.05) is 0 Å². The summed E-state index contributed by atoms with van der Waals surface area (Å²) in [6.45, 7) is 0. The summed E-state index contributed by atoms with van der Waals surface area (Å²) in [5.74, 6) is 0. The topological polar surface area (TPSA) is 43.4 Å². The largest absolute Gasteiger partial charge is 0.437 e. The van der Waals surface area contributed by atoms with Gasteiger partial charge < -0.3 is 0 Å². The van der Waals surface area contributed by atoms with E-state index in [4.69, 9.17) is 0 Å². The zero-order valence-electron chi connectivity index (χ0n) is 8.03. The summed E-state index contributed by atoms with van der Waals surface area (Å²) in [4.78, 5) is 0. The molecule has 0 saturated heterocycles. The Bertz CT molecular complexity index is 363. The van der Waals surface area contributed by atoms with E-state index in [-0.39, 0.29) is 6.26 Å². The van der Waals surface area contributed by atoms with Crippen LogP contribution < -0.4 is 0 Å². The van der Waals surface area contributed by atoms with E-state index in [9.17, 15) is 47.9 Å². The van der Waals surface area contributed by atoms with Gasteiger partial charge in [-0.3, -0.25) is 0 Å². The van der Waals surface area contributed by atoms with E-state index >= 15 is 0 Å². The minimum Gasteiger partial charge on any atom is -0.235 e. The van der Waals surface area contributed by atoms with Crippen molar-refractivity contribution < 1.29 is 52.1 Å². The molecule has 0 fully saturated rings. The number of alkyl halides is 9. The molecule has 3 nitrogen and oxygen atoms in total. The molecule has 18 heavy (non-hydrogen) atoms. The lowest BCUT2D eigenvalue weighted by atomic mass is 10.0. The second-order valence-electron chi connectivity index (χ2n) is 2.96. The fraction of sp³-hybridized carbons (Fsp3) is 1.00. The first-order chi connectivity index (χ1) is 7.46. The van der Waals surface area contributed by atoms with Gasteiger partial charge in [-0.25, -0.2) is 4.18 Å². The monoisotopic (exact) mass is 314 g/mol. The number of hydrogen-bond acceptors (Lipinski definition) is 3. The van der Waals surface area contributed by atoms with Gasteiger partial charge in [0.15, 0.2) is 0 Å². The highest BCUT2D eigenvalue weighted by molar-refractivity contribution is 7.86. The Hall–Kier alpha value is -0.720. The summed E-state index contributed by atoms with van der Waals surface area (Å²) >= 11 is 0. The fourth-order valence-corrected chi connectivity index (χ4v) is 1.59. The van der Waals surface area contributed by atoms with Gasteiger partial charge in [-0.1, -0.05) is 0 Å². The van der Waals surface area contributed by atoms with Crippen molar-refractivity contribution in [3.8, 4) is 0 Å². The zero-order valence-corrected chi connectivity index (χ0v) is 8.85. The van der Waals surface area contributed by atoms with Crippen molar-refractivity contribution in [3.63, 3.8) is 0 Å². The summed E-state index contributed by atoms with van der Waals surface area (Å²) in [5.41, 5.74) is -6.79. The minimum absolute atomic E-state index is 0.370. The molecule has 0 heterocycles. The van der Waals surface area contributed by atoms with Crippen molar-refractivity contribution in [1.29, 1.82) is 0 Å². The Morgan fingerprint density at radius 2 is 0.944 bits per heavy atom. The summed E-state index contributed by atoms with van der Waals surface area (Å²) in [7, 11) is -5.69. The third-order valence-corrected chi connectivity index (χ3v) is 2.03. The molecule has 0 aliphatic heterocycles. The molecule has 0 aromatic carbocycles. The van der Waals surface area contributed by atoms with E-state index in [1.165, 1.54) is 0 Å². The molecule has 13 heteroatoms. The quantitative estimate of drug-likeness (QED) is 0.581. The van der Waals surface area contributed by atoms with Gasteiger partial charge in [-0.15, -0.1) is 0 Å². The van der Waals surface area contributed by atoms with Crippen molar-refractivity contribution in [3.05, 3.63) is 0 Å². The van der Waals surface area contributed by atoms with Gasteiger partial charge in [0, 0.05) is 0 Å². The first-order valence-electron chi connectivity index (χ1n) is 3.56. The van der Waals surface area contributed by atoms with E-state index < -0.39 is 34.2 Å². The average molecular weight is 314 g/mol. The molecule has 0 amide bonds. The van der Waals surface area contributed by atoms with Gasteiger partial charge in [-0.2, -0.15) is 47.9 Å². The molecular formula is C5H3F9O3S. The van der Waals surface area contributed by atoms with Crippen LogP contribution in [0, 0.1) is 0 Å². The molecule has 0 aliphatic rings.